The van der Waals surface area contributed by atoms with Crippen LogP contribution in [0, 0.1) is 10.1 Å². The Morgan fingerprint density at radius 3 is 2.51 bits per heavy atom. The molecular formula is C29H23N3O2S. The van der Waals surface area contributed by atoms with Crippen molar-refractivity contribution in [3.8, 4) is 0 Å². The number of nitro benzene ring substituents is 1. The van der Waals surface area contributed by atoms with Gasteiger partial charge in [-0.15, -0.1) is 0 Å². The van der Waals surface area contributed by atoms with E-state index in [1.165, 1.54) is 28.3 Å². The van der Waals surface area contributed by atoms with Crippen molar-refractivity contribution in [2.45, 2.75) is 25.3 Å². The summed E-state index contributed by atoms with van der Waals surface area (Å²) in [6.07, 6.45) is 5.32. The molecule has 0 saturated carbocycles. The summed E-state index contributed by atoms with van der Waals surface area (Å²) in [6, 6.07) is 27.8. The summed E-state index contributed by atoms with van der Waals surface area (Å²) in [6.45, 7) is 0. The highest BCUT2D eigenvalue weighted by molar-refractivity contribution is 8.16. The minimum Gasteiger partial charge on any atom is -0.308 e. The predicted molar refractivity (Wildman–Crippen MR) is 142 cm³/mol. The van der Waals surface area contributed by atoms with Gasteiger partial charge in [0.15, 0.2) is 5.17 Å². The molecule has 1 unspecified atom stereocenters. The number of aliphatic imine (C=N–C) groups is 1. The molecule has 0 bridgehead atoms. The van der Waals surface area contributed by atoms with Gasteiger partial charge in [0.05, 0.1) is 22.4 Å². The Bertz CT molecular complexity index is 1420. The Balaban J connectivity index is 1.48. The summed E-state index contributed by atoms with van der Waals surface area (Å²) >= 11 is 1.59. The number of benzene rings is 3. The quantitative estimate of drug-likeness (QED) is 0.287. The zero-order valence-electron chi connectivity index (χ0n) is 19.0. The summed E-state index contributed by atoms with van der Waals surface area (Å²) in [5.41, 5.74) is 7.95. The van der Waals surface area contributed by atoms with Crippen molar-refractivity contribution in [2.75, 3.05) is 0 Å². The normalized spacial score (nSPS) is 20.3. The van der Waals surface area contributed by atoms with Crippen molar-refractivity contribution in [3.05, 3.63) is 134 Å². The van der Waals surface area contributed by atoms with Gasteiger partial charge in [-0.3, -0.25) is 10.1 Å². The average molecular weight is 478 g/mol. The standard InChI is InChI=1S/C29H23N3O2S/c33-32(34)24-15-7-13-22(18-24)26-19-35-29-30-27-23(17-20-9-3-1-4-10-20)14-8-16-25(27)28(31(26)29)21-11-5-2-6-12-21/h1-7,9-13,15,17-19,28H,8,14,16H2. The van der Waals surface area contributed by atoms with Gasteiger partial charge >= 0.3 is 0 Å². The zero-order chi connectivity index (χ0) is 23.8. The number of allylic oxidation sites excluding steroid dienone is 1. The van der Waals surface area contributed by atoms with Gasteiger partial charge in [-0.25, -0.2) is 4.99 Å². The first kappa shape index (κ1) is 21.6. The van der Waals surface area contributed by atoms with Gasteiger partial charge in [-0.2, -0.15) is 0 Å². The molecule has 6 heteroatoms. The lowest BCUT2D eigenvalue weighted by Gasteiger charge is -2.40. The Kier molecular flexibility index (Phi) is 5.58. The summed E-state index contributed by atoms with van der Waals surface area (Å²) in [4.78, 5) is 18.6. The van der Waals surface area contributed by atoms with Crippen molar-refractivity contribution in [1.29, 1.82) is 0 Å². The van der Waals surface area contributed by atoms with Crippen molar-refractivity contribution < 1.29 is 4.92 Å². The number of non-ortho nitro benzene ring substituents is 1. The predicted octanol–water partition coefficient (Wildman–Crippen LogP) is 7.57. The maximum Gasteiger partial charge on any atom is 0.270 e. The van der Waals surface area contributed by atoms with E-state index < -0.39 is 0 Å². The van der Waals surface area contributed by atoms with Crippen LogP contribution in [0.1, 0.15) is 42.0 Å². The maximum absolute atomic E-state index is 11.4. The van der Waals surface area contributed by atoms with E-state index in [4.69, 9.17) is 4.99 Å². The molecule has 3 aliphatic rings. The van der Waals surface area contributed by atoms with Crippen LogP contribution >= 0.6 is 11.8 Å². The van der Waals surface area contributed by atoms with E-state index in [0.717, 1.165) is 41.4 Å². The minimum absolute atomic E-state index is 0.00122. The molecule has 0 fully saturated rings. The lowest BCUT2D eigenvalue weighted by molar-refractivity contribution is -0.384. The van der Waals surface area contributed by atoms with Crippen molar-refractivity contribution in [1.82, 2.24) is 4.90 Å². The second kappa shape index (κ2) is 9.04. The summed E-state index contributed by atoms with van der Waals surface area (Å²) in [5, 5.41) is 14.4. The fourth-order valence-electron chi connectivity index (χ4n) is 5.09. The fraction of sp³-hybridized carbons (Fsp3) is 0.138. The number of thioether (sulfide) groups is 1. The lowest BCUT2D eigenvalue weighted by Crippen LogP contribution is -2.34. The van der Waals surface area contributed by atoms with Gasteiger partial charge in [-0.1, -0.05) is 84.6 Å². The molecule has 1 aliphatic carbocycles. The molecule has 35 heavy (non-hydrogen) atoms. The number of fused-ring (bicyclic) bond motifs is 1. The summed E-state index contributed by atoms with van der Waals surface area (Å²) < 4.78 is 0. The Morgan fingerprint density at radius 2 is 1.74 bits per heavy atom. The molecule has 3 aromatic rings. The van der Waals surface area contributed by atoms with E-state index in [2.05, 4.69) is 64.9 Å². The highest BCUT2D eigenvalue weighted by Crippen LogP contribution is 2.51. The smallest absolute Gasteiger partial charge is 0.270 e. The van der Waals surface area contributed by atoms with Gasteiger partial charge in [0.2, 0.25) is 0 Å². The van der Waals surface area contributed by atoms with Crippen molar-refractivity contribution >= 4 is 34.4 Å². The van der Waals surface area contributed by atoms with Crippen LogP contribution in [0.15, 0.2) is 112 Å². The van der Waals surface area contributed by atoms with Gasteiger partial charge in [-0.05, 0) is 47.6 Å². The van der Waals surface area contributed by atoms with Crippen LogP contribution in [0.2, 0.25) is 0 Å². The Labute approximate surface area is 208 Å². The third-order valence-corrected chi connectivity index (χ3v) is 7.49. The maximum atomic E-state index is 11.4. The third kappa shape index (κ3) is 4.00. The van der Waals surface area contributed by atoms with Crippen LogP contribution in [0.4, 0.5) is 5.69 Å². The second-order valence-corrected chi connectivity index (χ2v) is 9.65. The van der Waals surface area contributed by atoms with Crippen LogP contribution in [-0.4, -0.2) is 15.0 Å². The molecule has 6 rings (SSSR count). The van der Waals surface area contributed by atoms with E-state index in [0.29, 0.717) is 0 Å². The fourth-order valence-corrected chi connectivity index (χ4v) is 6.02. The molecular weight excluding hydrogens is 454 g/mol. The van der Waals surface area contributed by atoms with Crippen LogP contribution in [0.3, 0.4) is 0 Å². The first-order valence-corrected chi connectivity index (χ1v) is 12.6. The lowest BCUT2D eigenvalue weighted by atomic mass is 9.83. The zero-order valence-corrected chi connectivity index (χ0v) is 19.8. The number of rotatable bonds is 4. The van der Waals surface area contributed by atoms with Crippen LogP contribution < -0.4 is 0 Å². The number of nitro groups is 1. The molecule has 5 nitrogen and oxygen atoms in total. The topological polar surface area (TPSA) is 58.7 Å². The molecule has 3 aromatic carbocycles. The highest BCUT2D eigenvalue weighted by atomic mass is 32.2. The number of hydrogen-bond acceptors (Lipinski definition) is 5. The van der Waals surface area contributed by atoms with Crippen molar-refractivity contribution in [3.63, 3.8) is 0 Å². The van der Waals surface area contributed by atoms with E-state index >= 15 is 0 Å². The van der Waals surface area contributed by atoms with Crippen molar-refractivity contribution in [2.24, 2.45) is 4.99 Å². The SMILES string of the molecule is O=[N+]([O-])c1cccc(C2=CSC3=NC4=C(CCCC4=Cc4ccccc4)C(c4ccccc4)N23)c1. The number of nitrogens with zero attached hydrogens (tertiary/aromatic N) is 3. The van der Waals surface area contributed by atoms with E-state index in [1.807, 2.05) is 18.2 Å². The molecule has 172 valence electrons. The second-order valence-electron chi connectivity index (χ2n) is 8.81. The van der Waals surface area contributed by atoms with E-state index in [-0.39, 0.29) is 16.7 Å². The highest BCUT2D eigenvalue weighted by Gasteiger charge is 2.40. The first-order chi connectivity index (χ1) is 17.2. The van der Waals surface area contributed by atoms with Gasteiger partial charge in [0.1, 0.15) is 0 Å². The molecule has 0 spiro atoms. The van der Waals surface area contributed by atoms with Crippen LogP contribution in [0.25, 0.3) is 11.8 Å². The third-order valence-electron chi connectivity index (χ3n) is 6.65. The van der Waals surface area contributed by atoms with Gasteiger partial charge in [0.25, 0.3) is 5.69 Å². The molecule has 0 N–H and O–H groups in total. The van der Waals surface area contributed by atoms with Gasteiger partial charge < -0.3 is 4.90 Å². The van der Waals surface area contributed by atoms with E-state index in [9.17, 15) is 10.1 Å². The molecule has 0 amide bonds. The summed E-state index contributed by atoms with van der Waals surface area (Å²) in [7, 11) is 0. The minimum atomic E-state index is -0.339. The Hall–Kier alpha value is -3.90. The Morgan fingerprint density at radius 1 is 0.971 bits per heavy atom. The molecule has 0 aromatic heterocycles. The van der Waals surface area contributed by atoms with Gasteiger partial charge in [0, 0.05) is 23.1 Å². The van der Waals surface area contributed by atoms with Crippen LogP contribution in [0.5, 0.6) is 0 Å². The molecule has 1 atom stereocenters. The average Bonchev–Trinajstić information content (AvgIpc) is 3.32. The summed E-state index contributed by atoms with van der Waals surface area (Å²) in [5.74, 6) is 0. The molecule has 2 aliphatic heterocycles. The number of hydrogen-bond donors (Lipinski definition) is 0. The molecule has 0 saturated heterocycles. The van der Waals surface area contributed by atoms with Crippen LogP contribution in [-0.2, 0) is 0 Å². The largest absolute Gasteiger partial charge is 0.308 e. The molecule has 0 radical (unpaired) electrons. The number of amidine groups is 1. The monoisotopic (exact) mass is 477 g/mol. The molecule has 2 heterocycles. The first-order valence-electron chi connectivity index (χ1n) is 11.7. The van der Waals surface area contributed by atoms with E-state index in [1.54, 1.807) is 23.9 Å².